The maximum atomic E-state index is 5.70. The summed E-state index contributed by atoms with van der Waals surface area (Å²) in [6.07, 6.45) is 3.99. The number of nitrogens with zero attached hydrogens (tertiary/aromatic N) is 1. The van der Waals surface area contributed by atoms with Crippen molar-refractivity contribution in [2.24, 2.45) is 0 Å². The molecule has 20 heavy (non-hydrogen) atoms. The number of hydrogen-bond donors (Lipinski definition) is 1. The molecule has 2 aromatic rings. The Morgan fingerprint density at radius 2 is 2.00 bits per heavy atom. The molecule has 0 aliphatic heterocycles. The number of ether oxygens (including phenoxy) is 1. The molecular formula is C16H22N2O2. The Labute approximate surface area is 120 Å². The number of rotatable bonds is 8. The first-order chi connectivity index (χ1) is 9.83. The molecule has 0 saturated carbocycles. The smallest absolute Gasteiger partial charge is 0.208 e. The van der Waals surface area contributed by atoms with Crippen molar-refractivity contribution in [3.63, 3.8) is 0 Å². The number of hydrogen-bond acceptors (Lipinski definition) is 4. The number of benzene rings is 1. The topological polar surface area (TPSA) is 47.3 Å². The van der Waals surface area contributed by atoms with E-state index in [1.165, 1.54) is 0 Å². The largest absolute Gasteiger partial charge is 0.494 e. The first-order valence-electron chi connectivity index (χ1n) is 7.22. The van der Waals surface area contributed by atoms with Gasteiger partial charge in [0.15, 0.2) is 5.76 Å². The lowest BCUT2D eigenvalue weighted by atomic mass is 10.2. The van der Waals surface area contributed by atoms with Gasteiger partial charge in [0.1, 0.15) is 5.75 Å². The standard InChI is InChI=1S/C16H22N2O2/c1-3-5-10-19-14-8-6-13(7-9-14)15-11-18-16(20-15)12-17-4-2/h6-9,11,17H,3-5,10,12H2,1-2H3. The summed E-state index contributed by atoms with van der Waals surface area (Å²) in [7, 11) is 0. The van der Waals surface area contributed by atoms with Crippen molar-refractivity contribution < 1.29 is 9.15 Å². The van der Waals surface area contributed by atoms with Gasteiger partial charge in [0.05, 0.1) is 19.3 Å². The molecule has 108 valence electrons. The third kappa shape index (κ3) is 4.10. The minimum absolute atomic E-state index is 0.661. The Morgan fingerprint density at radius 1 is 1.20 bits per heavy atom. The third-order valence-electron chi connectivity index (χ3n) is 2.99. The molecule has 0 amide bonds. The Morgan fingerprint density at radius 3 is 2.70 bits per heavy atom. The second kappa shape index (κ2) is 7.70. The quantitative estimate of drug-likeness (QED) is 0.747. The first-order valence-corrected chi connectivity index (χ1v) is 7.22. The SMILES string of the molecule is CCCCOc1ccc(-c2cnc(CNCC)o2)cc1. The molecule has 0 saturated heterocycles. The summed E-state index contributed by atoms with van der Waals surface area (Å²) in [5, 5.41) is 3.19. The summed E-state index contributed by atoms with van der Waals surface area (Å²) < 4.78 is 11.3. The fourth-order valence-electron chi connectivity index (χ4n) is 1.81. The van der Waals surface area contributed by atoms with Gasteiger partial charge in [-0.15, -0.1) is 0 Å². The molecule has 1 aromatic heterocycles. The fourth-order valence-corrected chi connectivity index (χ4v) is 1.81. The van der Waals surface area contributed by atoms with Crippen LogP contribution >= 0.6 is 0 Å². The zero-order valence-corrected chi connectivity index (χ0v) is 12.2. The number of aromatic nitrogens is 1. The number of unbranched alkanes of at least 4 members (excludes halogenated alkanes) is 1. The zero-order chi connectivity index (χ0) is 14.2. The highest BCUT2D eigenvalue weighted by Gasteiger charge is 2.06. The van der Waals surface area contributed by atoms with Crippen LogP contribution in [-0.4, -0.2) is 18.1 Å². The van der Waals surface area contributed by atoms with Crippen molar-refractivity contribution in [2.75, 3.05) is 13.2 Å². The van der Waals surface area contributed by atoms with Crippen molar-refractivity contribution in [3.8, 4) is 17.1 Å². The Kier molecular flexibility index (Phi) is 5.62. The van der Waals surface area contributed by atoms with E-state index in [-0.39, 0.29) is 0 Å². The van der Waals surface area contributed by atoms with Crippen molar-refractivity contribution >= 4 is 0 Å². The molecule has 0 unspecified atom stereocenters. The number of nitrogens with one attached hydrogen (secondary N) is 1. The minimum Gasteiger partial charge on any atom is -0.494 e. The van der Waals surface area contributed by atoms with Gasteiger partial charge in [0.2, 0.25) is 5.89 Å². The van der Waals surface area contributed by atoms with Crippen LogP contribution in [0.15, 0.2) is 34.9 Å². The average molecular weight is 274 g/mol. The van der Waals surface area contributed by atoms with Crippen molar-refractivity contribution in [3.05, 3.63) is 36.4 Å². The highest BCUT2D eigenvalue weighted by Crippen LogP contribution is 2.23. The predicted octanol–water partition coefficient (Wildman–Crippen LogP) is 3.63. The second-order valence-electron chi connectivity index (χ2n) is 4.62. The van der Waals surface area contributed by atoms with E-state index in [4.69, 9.17) is 9.15 Å². The van der Waals surface area contributed by atoms with Crippen LogP contribution in [0.5, 0.6) is 5.75 Å². The number of oxazole rings is 1. The molecule has 0 aliphatic rings. The maximum Gasteiger partial charge on any atom is 0.208 e. The Hall–Kier alpha value is -1.81. The van der Waals surface area contributed by atoms with Crippen LogP contribution in [0.4, 0.5) is 0 Å². The van der Waals surface area contributed by atoms with Crippen LogP contribution in [0.3, 0.4) is 0 Å². The lowest BCUT2D eigenvalue weighted by molar-refractivity contribution is 0.309. The van der Waals surface area contributed by atoms with Gasteiger partial charge >= 0.3 is 0 Å². The molecule has 1 N–H and O–H groups in total. The fraction of sp³-hybridized carbons (Fsp3) is 0.438. The van der Waals surface area contributed by atoms with Crippen LogP contribution in [0, 0.1) is 0 Å². The highest BCUT2D eigenvalue weighted by atomic mass is 16.5. The van der Waals surface area contributed by atoms with E-state index in [2.05, 4.69) is 24.1 Å². The average Bonchev–Trinajstić information content (AvgIpc) is 2.95. The zero-order valence-electron chi connectivity index (χ0n) is 12.2. The molecule has 0 aliphatic carbocycles. The van der Waals surface area contributed by atoms with Crippen molar-refractivity contribution in [2.45, 2.75) is 33.2 Å². The normalized spacial score (nSPS) is 10.7. The first kappa shape index (κ1) is 14.6. The monoisotopic (exact) mass is 274 g/mol. The summed E-state index contributed by atoms with van der Waals surface area (Å²) in [4.78, 5) is 4.25. The summed E-state index contributed by atoms with van der Waals surface area (Å²) in [5.41, 5.74) is 1.02. The molecule has 0 spiro atoms. The maximum absolute atomic E-state index is 5.70. The molecule has 0 fully saturated rings. The van der Waals surface area contributed by atoms with Crippen LogP contribution in [0.1, 0.15) is 32.6 Å². The van der Waals surface area contributed by atoms with Gasteiger partial charge in [0, 0.05) is 5.56 Å². The van der Waals surface area contributed by atoms with E-state index in [1.807, 2.05) is 24.3 Å². The van der Waals surface area contributed by atoms with Gasteiger partial charge < -0.3 is 14.5 Å². The highest BCUT2D eigenvalue weighted by molar-refractivity contribution is 5.57. The van der Waals surface area contributed by atoms with E-state index in [0.29, 0.717) is 12.4 Å². The molecule has 4 heteroatoms. The van der Waals surface area contributed by atoms with Crippen molar-refractivity contribution in [1.82, 2.24) is 10.3 Å². The van der Waals surface area contributed by atoms with Crippen LogP contribution in [0.2, 0.25) is 0 Å². The molecule has 0 bridgehead atoms. The van der Waals surface area contributed by atoms with E-state index in [1.54, 1.807) is 6.20 Å². The third-order valence-corrected chi connectivity index (χ3v) is 2.99. The molecule has 1 heterocycles. The van der Waals surface area contributed by atoms with Gasteiger partial charge in [-0.3, -0.25) is 0 Å². The predicted molar refractivity (Wildman–Crippen MR) is 79.7 cm³/mol. The molecule has 4 nitrogen and oxygen atoms in total. The van der Waals surface area contributed by atoms with Gasteiger partial charge in [-0.05, 0) is 37.2 Å². The van der Waals surface area contributed by atoms with Gasteiger partial charge in [-0.2, -0.15) is 0 Å². The summed E-state index contributed by atoms with van der Waals surface area (Å²) in [6.45, 7) is 6.55. The van der Waals surface area contributed by atoms with Gasteiger partial charge in [-0.1, -0.05) is 20.3 Å². The van der Waals surface area contributed by atoms with E-state index in [0.717, 1.165) is 43.1 Å². The van der Waals surface area contributed by atoms with Crippen LogP contribution in [-0.2, 0) is 6.54 Å². The van der Waals surface area contributed by atoms with E-state index >= 15 is 0 Å². The van der Waals surface area contributed by atoms with Gasteiger partial charge in [0.25, 0.3) is 0 Å². The molecule has 0 atom stereocenters. The Balaban J connectivity index is 1.96. The molecule has 2 rings (SSSR count). The second-order valence-corrected chi connectivity index (χ2v) is 4.62. The molecule has 0 radical (unpaired) electrons. The summed E-state index contributed by atoms with van der Waals surface area (Å²) in [5.74, 6) is 2.40. The van der Waals surface area contributed by atoms with Gasteiger partial charge in [-0.25, -0.2) is 4.98 Å². The summed E-state index contributed by atoms with van der Waals surface area (Å²) in [6, 6.07) is 7.94. The van der Waals surface area contributed by atoms with Crippen molar-refractivity contribution in [1.29, 1.82) is 0 Å². The lowest BCUT2D eigenvalue weighted by Crippen LogP contribution is -2.11. The Bertz CT molecular complexity index is 505. The minimum atomic E-state index is 0.661. The van der Waals surface area contributed by atoms with E-state index < -0.39 is 0 Å². The molecular weight excluding hydrogens is 252 g/mol. The summed E-state index contributed by atoms with van der Waals surface area (Å²) >= 11 is 0. The van der Waals surface area contributed by atoms with E-state index in [9.17, 15) is 0 Å². The lowest BCUT2D eigenvalue weighted by Gasteiger charge is -2.05. The molecule has 1 aromatic carbocycles. The van der Waals surface area contributed by atoms with Crippen LogP contribution < -0.4 is 10.1 Å². The van der Waals surface area contributed by atoms with Crippen LogP contribution in [0.25, 0.3) is 11.3 Å².